The smallest absolute Gasteiger partial charge is 0.394 e. The van der Waals surface area contributed by atoms with Crippen LogP contribution in [0.25, 0.3) is 0 Å². The molecule has 0 aromatic carbocycles. The number of fused-ring (bicyclic) bond motifs is 10. The van der Waals surface area contributed by atoms with E-state index in [0.29, 0.717) is 6.04 Å². The lowest BCUT2D eigenvalue weighted by molar-refractivity contribution is -0.162. The zero-order chi connectivity index (χ0) is 71.7. The third-order valence-electron chi connectivity index (χ3n) is 16.0. The van der Waals surface area contributed by atoms with Gasteiger partial charge in [-0.3, -0.25) is 0 Å². The molecule has 0 aliphatic carbocycles. The van der Waals surface area contributed by atoms with Crippen molar-refractivity contribution in [3.05, 3.63) is 0 Å². The molecule has 68 heteroatoms. The van der Waals surface area contributed by atoms with Gasteiger partial charge in [-0.1, -0.05) is 0 Å². The molecular formula is C30H86O41Si27. The second-order valence-electron chi connectivity index (χ2n) is 29.1. The van der Waals surface area contributed by atoms with E-state index in [1.54, 1.807) is 105 Å². The van der Waals surface area contributed by atoms with Crippen molar-refractivity contribution in [2.45, 2.75) is 196 Å². The van der Waals surface area contributed by atoms with Crippen LogP contribution in [0.5, 0.6) is 0 Å². The van der Waals surface area contributed by atoms with Crippen molar-refractivity contribution in [2.75, 3.05) is 0 Å². The lowest BCUT2D eigenvalue weighted by atomic mass is 10.4. The van der Waals surface area contributed by atoms with Crippen molar-refractivity contribution in [1.29, 1.82) is 0 Å². The predicted octanol–water partition coefficient (Wildman–Crippen LogP) is 3.45. The van der Waals surface area contributed by atoms with Gasteiger partial charge >= 0.3 is 237 Å². The largest absolute Gasteiger partial charge is 0.485 e. The molecule has 0 amide bonds. The van der Waals surface area contributed by atoms with E-state index in [4.69, 9.17) is 169 Å². The lowest BCUT2D eigenvalue weighted by Crippen LogP contribution is -2.86. The van der Waals surface area contributed by atoms with Gasteiger partial charge in [-0.2, -0.15) is 0 Å². The van der Waals surface area contributed by atoms with E-state index in [1.807, 2.05) is 78.9 Å². The summed E-state index contributed by atoms with van der Waals surface area (Å²) in [5, 5.41) is 0. The summed E-state index contributed by atoms with van der Waals surface area (Å²) in [6.45, 7) is 50.3. The Morgan fingerprint density at radius 2 is 0.214 bits per heavy atom. The normalized spacial score (nSPS) is 66.0. The van der Waals surface area contributed by atoms with E-state index < -0.39 is 243 Å². The molecule has 41 nitrogen and oxygen atoms in total. The standard InChI is InChI=1S/C12H32O14Si9.C8H24O12Si8.C6H18O9Si6.C4H12O6Si4/c1-12-11-27(2)15-30(5)17-28(3,13-12)19-32(7)23-33(8)20-29(4,14-12)18-31(6,16-27)22-35(10,25-33)26-34(9,21-30)24-32;1-21-9-22(2)12-25(5)14-23(3,10-21)16-27(7)17-24(4,11-21)15-26(6,13-22)19-28(8,18-25)20-27;1-16-7-17(2)9-18(3,8-16)15-21(6)11-19(4,13-16)10-20(5,12-21)14-17;1-11-5-12(2)8-13(3,6-11)10-14(4,7-11)9-12/h11H2,1-10H3;1-8H3;1-6H3;1-4H3. The fourth-order valence-electron chi connectivity index (χ4n) is 16.4. The Labute approximate surface area is 597 Å². The van der Waals surface area contributed by atoms with Crippen molar-refractivity contribution in [2.24, 2.45) is 0 Å². The molecule has 28 bridgehead atoms. The Morgan fingerprint density at radius 1 is 0.133 bits per heavy atom. The van der Waals surface area contributed by atoms with Crippen LogP contribution in [0.4, 0.5) is 0 Å². The highest BCUT2D eigenvalue weighted by molar-refractivity contribution is 7.06. The maximum absolute atomic E-state index is 6.75. The number of hydrogen-bond donors (Lipinski definition) is 0. The summed E-state index contributed by atoms with van der Waals surface area (Å²) < 4.78 is 259. The van der Waals surface area contributed by atoms with Gasteiger partial charge in [0.15, 0.2) is 5.79 Å². The zero-order valence-electron chi connectivity index (χ0n) is 59.4. The van der Waals surface area contributed by atoms with Crippen LogP contribution in [0, 0.1) is 0 Å². The highest BCUT2D eigenvalue weighted by atomic mass is 28.7. The van der Waals surface area contributed by atoms with E-state index in [0.717, 1.165) is 0 Å². The number of rotatable bonds is 0. The van der Waals surface area contributed by atoms with Crippen molar-refractivity contribution in [3.8, 4) is 0 Å². The third kappa shape index (κ3) is 15.0. The maximum Gasteiger partial charge on any atom is 0.485 e. The van der Waals surface area contributed by atoms with Crippen LogP contribution >= 0.6 is 0 Å². The van der Waals surface area contributed by atoms with Crippen molar-refractivity contribution >= 4 is 237 Å². The molecule has 0 radical (unpaired) electrons. The summed E-state index contributed by atoms with van der Waals surface area (Å²) in [6.07, 6.45) is 0. The summed E-state index contributed by atoms with van der Waals surface area (Å²) in [4.78, 5) is 0. The zero-order valence-corrected chi connectivity index (χ0v) is 86.4. The first-order valence-electron chi connectivity index (χ1n) is 31.4. The summed E-state index contributed by atoms with van der Waals surface area (Å²) in [6, 6.07) is 0.291. The Bertz CT molecular complexity index is 2610. The minimum Gasteiger partial charge on any atom is -0.394 e. The highest BCUT2D eigenvalue weighted by Gasteiger charge is 2.84. The van der Waals surface area contributed by atoms with Crippen molar-refractivity contribution in [1.82, 2.24) is 0 Å². The molecule has 0 N–H and O–H groups in total. The molecule has 0 saturated carbocycles. The average molecular weight is 1860 g/mol. The van der Waals surface area contributed by atoms with E-state index in [1.165, 1.54) is 0 Å². The molecule has 8 atom stereocenters. The Morgan fingerprint density at radius 3 is 0.316 bits per heavy atom. The second kappa shape index (κ2) is 22.2. The van der Waals surface area contributed by atoms with E-state index in [2.05, 4.69) is 0 Å². The molecule has 0 aromatic rings. The minimum atomic E-state index is -3.62. The molecule has 20 aliphatic heterocycles. The first kappa shape index (κ1) is 77.5. The van der Waals surface area contributed by atoms with Gasteiger partial charge in [0.05, 0.1) is 0 Å². The van der Waals surface area contributed by atoms with Gasteiger partial charge in [-0.05, 0) is 13.5 Å². The van der Waals surface area contributed by atoms with Gasteiger partial charge in [0.25, 0.3) is 0 Å². The van der Waals surface area contributed by atoms with Crippen LogP contribution < -0.4 is 0 Å². The highest BCUT2D eigenvalue weighted by Crippen LogP contribution is 2.55. The van der Waals surface area contributed by atoms with E-state index in [-0.39, 0.29) is 0 Å². The lowest BCUT2D eigenvalue weighted by Gasteiger charge is -2.61. The Kier molecular flexibility index (Phi) is 17.5. The summed E-state index contributed by atoms with van der Waals surface area (Å²) >= 11 is 0. The predicted molar refractivity (Wildman–Crippen MR) is 371 cm³/mol. The molecule has 560 valence electrons. The van der Waals surface area contributed by atoms with Crippen molar-refractivity contribution < 1.29 is 169 Å². The monoisotopic (exact) mass is 1860 g/mol. The van der Waals surface area contributed by atoms with Gasteiger partial charge < -0.3 is 169 Å². The fourth-order valence-corrected chi connectivity index (χ4v) is 168. The van der Waals surface area contributed by atoms with Gasteiger partial charge in [0.2, 0.25) is 0 Å². The van der Waals surface area contributed by atoms with Gasteiger partial charge in [-0.25, -0.2) is 0 Å². The molecular weight excluding hydrogens is 1770 g/mol. The first-order chi connectivity index (χ1) is 43.7. The molecule has 20 fully saturated rings. The molecule has 98 heavy (non-hydrogen) atoms. The summed E-state index contributed by atoms with van der Waals surface area (Å²) in [5.74, 6) is -1.27. The Hall–Kier alpha value is 4.22. The maximum atomic E-state index is 6.75. The van der Waals surface area contributed by atoms with Crippen LogP contribution in [-0.2, 0) is 169 Å². The molecule has 0 spiro atoms. The topological polar surface area (TPSA) is 378 Å². The fraction of sp³-hybridized carbons (Fsp3) is 1.00. The van der Waals surface area contributed by atoms with Gasteiger partial charge in [0.1, 0.15) is 0 Å². The average Bonchev–Trinajstić information content (AvgIpc) is 0.722. The molecule has 20 rings (SSSR count). The molecule has 20 aliphatic rings. The second-order valence-corrected chi connectivity index (χ2v) is 109. The molecule has 8 unspecified atom stereocenters. The van der Waals surface area contributed by atoms with Gasteiger partial charge in [0, 0.05) is 176 Å². The van der Waals surface area contributed by atoms with Crippen LogP contribution in [0.15, 0.2) is 0 Å². The van der Waals surface area contributed by atoms with Crippen LogP contribution in [0.1, 0.15) is 6.92 Å². The van der Waals surface area contributed by atoms with E-state index in [9.17, 15) is 0 Å². The molecule has 20 saturated heterocycles. The van der Waals surface area contributed by atoms with Crippen LogP contribution in [-0.4, -0.2) is 243 Å². The van der Waals surface area contributed by atoms with Crippen molar-refractivity contribution in [3.63, 3.8) is 0 Å². The first-order valence-corrected chi connectivity index (χ1v) is 91.8. The summed E-state index contributed by atoms with van der Waals surface area (Å²) in [5.41, 5.74) is 0. The molecule has 20 heterocycles. The van der Waals surface area contributed by atoms with E-state index >= 15 is 0 Å². The van der Waals surface area contributed by atoms with Crippen LogP contribution in [0.3, 0.4) is 0 Å². The Balaban J connectivity index is 0.000000112. The SMILES string of the molecule is CC12C[Si]3(C)O[Si]4(C)O[Si](C)(O1)O[Si]1(C)O[Si]5(C)O[Si](C)(O2)O[Si](C)(O3)O[Si](C)(O5)O[Si](C)(O4)O1.C[Si]12O[Si]3(C)O[Si](C)(O1)O[Si](C)(O2)O3.C[Si]12O[Si]3(C)O[Si](C)(O1)O[Si]1(C)O[Si](C)(O[Si](C)(O1)O3)O2.C[Si]12O[Si]3(C)O[Si]4(C)O[Si](C)(O1)O[Si]1(C)O[Si](C)(O2)O[Si](C)(O3)O[Si](C)(O4)O1. The summed E-state index contributed by atoms with van der Waals surface area (Å²) in [7, 11) is -87.2. The minimum absolute atomic E-state index is 0.291. The van der Waals surface area contributed by atoms with Gasteiger partial charge in [-0.15, -0.1) is 0 Å². The quantitative estimate of drug-likeness (QED) is 0.313. The number of hydrogen-bond acceptors (Lipinski definition) is 41. The third-order valence-corrected chi connectivity index (χ3v) is 135. The molecule has 0 aromatic heterocycles. The van der Waals surface area contributed by atoms with Crippen LogP contribution in [0.2, 0.25) is 183 Å².